The van der Waals surface area contributed by atoms with Crippen molar-refractivity contribution in [3.05, 3.63) is 48.2 Å². The fourth-order valence-electron chi connectivity index (χ4n) is 3.54. The molecule has 0 spiro atoms. The molecule has 2 aromatic rings. The molecule has 1 fully saturated rings. The summed E-state index contributed by atoms with van der Waals surface area (Å²) in [7, 11) is 0. The number of piperazine rings is 1. The van der Waals surface area contributed by atoms with E-state index in [1.165, 1.54) is 16.9 Å². The van der Waals surface area contributed by atoms with Crippen molar-refractivity contribution in [1.29, 1.82) is 0 Å². The zero-order valence-electron chi connectivity index (χ0n) is 14.3. The van der Waals surface area contributed by atoms with E-state index in [9.17, 15) is 0 Å². The first kappa shape index (κ1) is 15.3. The van der Waals surface area contributed by atoms with Crippen LogP contribution in [0.25, 0.3) is 0 Å². The van der Waals surface area contributed by atoms with Crippen molar-refractivity contribution in [2.75, 3.05) is 61.1 Å². The first-order valence-electron chi connectivity index (χ1n) is 8.77. The normalized spacial score (nSPS) is 18.2. The van der Waals surface area contributed by atoms with Crippen molar-refractivity contribution in [2.24, 2.45) is 0 Å². The second kappa shape index (κ2) is 6.69. The van der Waals surface area contributed by atoms with Gasteiger partial charge in [0.15, 0.2) is 0 Å². The lowest BCUT2D eigenvalue weighted by Gasteiger charge is -2.40. The maximum Gasteiger partial charge on any atom is 0.128 e. The predicted molar refractivity (Wildman–Crippen MR) is 99.9 cm³/mol. The average molecular weight is 323 g/mol. The van der Waals surface area contributed by atoms with Gasteiger partial charge in [-0.25, -0.2) is 4.98 Å². The molecule has 1 aromatic heterocycles. The minimum Gasteiger partial charge on any atom is -0.382 e. The molecule has 0 amide bonds. The highest BCUT2D eigenvalue weighted by molar-refractivity contribution is 5.71. The van der Waals surface area contributed by atoms with Gasteiger partial charge in [0.05, 0.1) is 18.0 Å². The second-order valence-electron chi connectivity index (χ2n) is 6.65. The Bertz CT molecular complexity index is 694. The van der Waals surface area contributed by atoms with Crippen LogP contribution in [0.15, 0.2) is 42.6 Å². The molecule has 3 heterocycles. The van der Waals surface area contributed by atoms with Crippen LogP contribution in [-0.4, -0.2) is 55.8 Å². The molecule has 0 aliphatic carbocycles. The fraction of sp³-hybridized carbons (Fsp3) is 0.421. The SMILES string of the molecule is Cc1ccnc(N2CCN(CN3CCNc4ccccc43)CC2)c1. The Kier molecular flexibility index (Phi) is 4.26. The van der Waals surface area contributed by atoms with Gasteiger partial charge in [-0.2, -0.15) is 0 Å². The Morgan fingerprint density at radius 3 is 2.71 bits per heavy atom. The van der Waals surface area contributed by atoms with E-state index in [1.807, 2.05) is 6.20 Å². The van der Waals surface area contributed by atoms with E-state index in [-0.39, 0.29) is 0 Å². The summed E-state index contributed by atoms with van der Waals surface area (Å²) in [6.07, 6.45) is 1.91. The van der Waals surface area contributed by atoms with E-state index in [0.717, 1.165) is 51.8 Å². The smallest absolute Gasteiger partial charge is 0.128 e. The lowest BCUT2D eigenvalue weighted by Crippen LogP contribution is -2.51. The predicted octanol–water partition coefficient (Wildman–Crippen LogP) is 2.40. The van der Waals surface area contributed by atoms with Crippen LogP contribution in [0.2, 0.25) is 0 Å². The van der Waals surface area contributed by atoms with Crippen LogP contribution in [0.4, 0.5) is 17.2 Å². The summed E-state index contributed by atoms with van der Waals surface area (Å²) in [4.78, 5) is 12.0. The first-order chi connectivity index (χ1) is 11.8. The molecule has 0 bridgehead atoms. The number of anilines is 3. The molecule has 24 heavy (non-hydrogen) atoms. The molecule has 1 saturated heterocycles. The van der Waals surface area contributed by atoms with Crippen molar-refractivity contribution in [2.45, 2.75) is 6.92 Å². The standard InChI is InChI=1S/C19H25N5/c1-16-6-7-21-19(14-16)23-12-10-22(11-13-23)15-24-9-8-20-17-4-2-3-5-18(17)24/h2-7,14,20H,8-13,15H2,1H3. The summed E-state index contributed by atoms with van der Waals surface area (Å²) in [6.45, 7) is 9.48. The number of pyridine rings is 1. The molecule has 5 nitrogen and oxygen atoms in total. The molecule has 2 aliphatic heterocycles. The Balaban J connectivity index is 1.37. The highest BCUT2D eigenvalue weighted by Crippen LogP contribution is 2.28. The number of nitrogens with zero attached hydrogens (tertiary/aromatic N) is 4. The molecule has 4 rings (SSSR count). The van der Waals surface area contributed by atoms with Crippen molar-refractivity contribution in [3.8, 4) is 0 Å². The fourth-order valence-corrected chi connectivity index (χ4v) is 3.54. The van der Waals surface area contributed by atoms with Crippen LogP contribution < -0.4 is 15.1 Å². The zero-order chi connectivity index (χ0) is 16.4. The molecule has 0 saturated carbocycles. The minimum absolute atomic E-state index is 1.01. The van der Waals surface area contributed by atoms with Gasteiger partial charge in [-0.05, 0) is 36.8 Å². The Labute approximate surface area is 143 Å². The quantitative estimate of drug-likeness (QED) is 0.938. The van der Waals surface area contributed by atoms with E-state index in [1.54, 1.807) is 0 Å². The number of fused-ring (bicyclic) bond motifs is 1. The summed E-state index contributed by atoms with van der Waals surface area (Å²) in [5.41, 5.74) is 3.86. The molecule has 1 aromatic carbocycles. The van der Waals surface area contributed by atoms with Gasteiger partial charge in [-0.15, -0.1) is 0 Å². The van der Waals surface area contributed by atoms with Gasteiger partial charge >= 0.3 is 0 Å². The van der Waals surface area contributed by atoms with Gasteiger partial charge in [-0.1, -0.05) is 12.1 Å². The number of rotatable bonds is 3. The van der Waals surface area contributed by atoms with E-state index >= 15 is 0 Å². The van der Waals surface area contributed by atoms with E-state index in [0.29, 0.717) is 0 Å². The molecule has 126 valence electrons. The zero-order valence-corrected chi connectivity index (χ0v) is 14.3. The van der Waals surface area contributed by atoms with Crippen molar-refractivity contribution < 1.29 is 0 Å². The molecule has 5 heteroatoms. The minimum atomic E-state index is 1.01. The summed E-state index contributed by atoms with van der Waals surface area (Å²) in [6, 6.07) is 12.9. The number of aromatic nitrogens is 1. The third kappa shape index (κ3) is 3.17. The maximum atomic E-state index is 4.52. The number of hydrogen-bond acceptors (Lipinski definition) is 5. The topological polar surface area (TPSA) is 34.6 Å². The van der Waals surface area contributed by atoms with Crippen LogP contribution in [-0.2, 0) is 0 Å². The highest BCUT2D eigenvalue weighted by Gasteiger charge is 2.22. The second-order valence-corrected chi connectivity index (χ2v) is 6.65. The summed E-state index contributed by atoms with van der Waals surface area (Å²) in [5.74, 6) is 1.11. The third-order valence-electron chi connectivity index (χ3n) is 4.91. The molecular formula is C19H25N5. The summed E-state index contributed by atoms with van der Waals surface area (Å²) >= 11 is 0. The average Bonchev–Trinajstić information content (AvgIpc) is 2.63. The number of benzene rings is 1. The van der Waals surface area contributed by atoms with Gasteiger partial charge in [0.1, 0.15) is 5.82 Å². The van der Waals surface area contributed by atoms with Crippen molar-refractivity contribution in [1.82, 2.24) is 9.88 Å². The van der Waals surface area contributed by atoms with Gasteiger partial charge in [0.25, 0.3) is 0 Å². The number of para-hydroxylation sites is 2. The number of aryl methyl sites for hydroxylation is 1. The summed E-state index contributed by atoms with van der Waals surface area (Å²) in [5, 5.41) is 3.49. The van der Waals surface area contributed by atoms with Crippen LogP contribution in [0, 0.1) is 6.92 Å². The van der Waals surface area contributed by atoms with Crippen LogP contribution >= 0.6 is 0 Å². The monoisotopic (exact) mass is 323 g/mol. The van der Waals surface area contributed by atoms with Crippen molar-refractivity contribution >= 4 is 17.2 Å². The van der Waals surface area contributed by atoms with Gasteiger partial charge in [0, 0.05) is 45.5 Å². The van der Waals surface area contributed by atoms with E-state index in [4.69, 9.17) is 0 Å². The van der Waals surface area contributed by atoms with E-state index in [2.05, 4.69) is 68.3 Å². The maximum absolute atomic E-state index is 4.52. The molecule has 0 unspecified atom stereocenters. The van der Waals surface area contributed by atoms with Gasteiger partial charge in [0.2, 0.25) is 0 Å². The highest BCUT2D eigenvalue weighted by atomic mass is 15.4. The molecule has 0 radical (unpaired) electrons. The Morgan fingerprint density at radius 2 is 1.88 bits per heavy atom. The van der Waals surface area contributed by atoms with Crippen LogP contribution in [0.5, 0.6) is 0 Å². The van der Waals surface area contributed by atoms with Crippen LogP contribution in [0.3, 0.4) is 0 Å². The first-order valence-corrected chi connectivity index (χ1v) is 8.77. The van der Waals surface area contributed by atoms with Gasteiger partial charge in [-0.3, -0.25) is 4.90 Å². The largest absolute Gasteiger partial charge is 0.382 e. The third-order valence-corrected chi connectivity index (χ3v) is 4.91. The molecular weight excluding hydrogens is 298 g/mol. The molecule has 2 aliphatic rings. The van der Waals surface area contributed by atoms with E-state index < -0.39 is 0 Å². The van der Waals surface area contributed by atoms with Crippen molar-refractivity contribution in [3.63, 3.8) is 0 Å². The molecule has 1 N–H and O–H groups in total. The number of hydrogen-bond donors (Lipinski definition) is 1. The van der Waals surface area contributed by atoms with Gasteiger partial charge < -0.3 is 15.1 Å². The molecule has 0 atom stereocenters. The van der Waals surface area contributed by atoms with Crippen LogP contribution in [0.1, 0.15) is 5.56 Å². The lowest BCUT2D eigenvalue weighted by molar-refractivity contribution is 0.256. The Hall–Kier alpha value is -2.27. The number of nitrogens with one attached hydrogen (secondary N) is 1. The Morgan fingerprint density at radius 1 is 1.04 bits per heavy atom. The summed E-state index contributed by atoms with van der Waals surface area (Å²) < 4.78 is 0. The lowest BCUT2D eigenvalue weighted by atomic mass is 10.2.